The van der Waals surface area contributed by atoms with Crippen molar-refractivity contribution in [1.82, 2.24) is 0 Å². The first kappa shape index (κ1) is 12.7. The van der Waals surface area contributed by atoms with Crippen LogP contribution >= 0.6 is 0 Å². The molecule has 1 aromatic carbocycles. The fraction of sp³-hybridized carbons (Fsp3) is 0.562. The lowest BCUT2D eigenvalue weighted by atomic mass is 9.77. The minimum atomic E-state index is -0.186. The minimum absolute atomic E-state index is 0.0568. The molecule has 1 aromatic rings. The van der Waals surface area contributed by atoms with Gasteiger partial charge < -0.3 is 9.47 Å². The Kier molecular flexibility index (Phi) is 3.56. The van der Waals surface area contributed by atoms with E-state index in [1.54, 1.807) is 0 Å². The average molecular weight is 260 g/mol. The maximum atomic E-state index is 12.3. The number of rotatable bonds is 3. The number of benzene rings is 1. The lowest BCUT2D eigenvalue weighted by molar-refractivity contribution is -0.172. The second kappa shape index (κ2) is 5.33. The summed E-state index contributed by atoms with van der Waals surface area (Å²) < 4.78 is 11.3. The Hall–Kier alpha value is -1.35. The van der Waals surface area contributed by atoms with Crippen molar-refractivity contribution in [3.63, 3.8) is 0 Å². The van der Waals surface area contributed by atoms with E-state index in [0.717, 1.165) is 25.0 Å². The van der Waals surface area contributed by atoms with E-state index in [1.807, 2.05) is 37.3 Å². The molecule has 4 rings (SSSR count). The summed E-state index contributed by atoms with van der Waals surface area (Å²) in [5, 5.41) is 0. The van der Waals surface area contributed by atoms with Crippen molar-refractivity contribution in [1.29, 1.82) is 0 Å². The second-order valence-electron chi connectivity index (χ2n) is 5.65. The van der Waals surface area contributed by atoms with Crippen molar-refractivity contribution in [2.24, 2.45) is 11.8 Å². The third-order valence-electron chi connectivity index (χ3n) is 4.31. The summed E-state index contributed by atoms with van der Waals surface area (Å²) in [4.78, 5) is 12.3. The predicted molar refractivity (Wildman–Crippen MR) is 71.5 cm³/mol. The van der Waals surface area contributed by atoms with Gasteiger partial charge in [-0.1, -0.05) is 30.3 Å². The number of fused-ring (bicyclic) bond motifs is 3. The summed E-state index contributed by atoms with van der Waals surface area (Å²) in [5.41, 5.74) is 1.04. The molecule has 2 bridgehead atoms. The second-order valence-corrected chi connectivity index (χ2v) is 5.65. The monoisotopic (exact) mass is 260 g/mol. The molecule has 1 saturated carbocycles. The minimum Gasteiger partial charge on any atom is -0.457 e. The van der Waals surface area contributed by atoms with Crippen molar-refractivity contribution in [3.8, 4) is 0 Å². The predicted octanol–water partition coefficient (Wildman–Crippen LogP) is 3.11. The fourth-order valence-corrected chi connectivity index (χ4v) is 3.14. The topological polar surface area (TPSA) is 35.5 Å². The summed E-state index contributed by atoms with van der Waals surface area (Å²) in [6.07, 6.45) is 3.03. The molecule has 0 radical (unpaired) electrons. The van der Waals surface area contributed by atoms with Gasteiger partial charge in [-0.15, -0.1) is 0 Å². The Labute approximate surface area is 113 Å². The zero-order valence-corrected chi connectivity index (χ0v) is 11.2. The number of hydrogen-bond donors (Lipinski definition) is 0. The molecule has 2 heterocycles. The highest BCUT2D eigenvalue weighted by molar-refractivity contribution is 5.73. The molecule has 0 unspecified atom stereocenters. The molecule has 2 aliphatic heterocycles. The van der Waals surface area contributed by atoms with E-state index >= 15 is 0 Å². The quantitative estimate of drug-likeness (QED) is 0.783. The SMILES string of the molecule is C[C@@H](OC(=O)[C@@H]1C[C@H]2CC[C@@H]1OC2)c1ccccc1. The largest absolute Gasteiger partial charge is 0.457 e. The molecule has 3 nitrogen and oxygen atoms in total. The zero-order valence-electron chi connectivity index (χ0n) is 11.2. The Bertz CT molecular complexity index is 435. The van der Waals surface area contributed by atoms with Crippen molar-refractivity contribution >= 4 is 5.97 Å². The number of hydrogen-bond acceptors (Lipinski definition) is 3. The summed E-state index contributed by atoms with van der Waals surface area (Å²) in [6.45, 7) is 2.75. The van der Waals surface area contributed by atoms with E-state index in [2.05, 4.69) is 0 Å². The first-order chi connectivity index (χ1) is 9.24. The molecule has 0 spiro atoms. The molecule has 3 aliphatic rings. The average Bonchev–Trinajstić information content (AvgIpc) is 2.49. The summed E-state index contributed by atoms with van der Waals surface area (Å²) in [6, 6.07) is 9.87. The van der Waals surface area contributed by atoms with Gasteiger partial charge in [-0.05, 0) is 37.7 Å². The summed E-state index contributed by atoms with van der Waals surface area (Å²) >= 11 is 0. The third kappa shape index (κ3) is 2.66. The van der Waals surface area contributed by atoms with E-state index in [-0.39, 0.29) is 24.1 Å². The number of esters is 1. The molecule has 19 heavy (non-hydrogen) atoms. The third-order valence-corrected chi connectivity index (χ3v) is 4.31. The molecule has 1 aliphatic carbocycles. The normalized spacial score (nSPS) is 30.9. The van der Waals surface area contributed by atoms with Gasteiger partial charge >= 0.3 is 5.97 Å². The molecular formula is C16H20O3. The van der Waals surface area contributed by atoms with Crippen LogP contribution < -0.4 is 0 Å². The summed E-state index contributed by atoms with van der Waals surface area (Å²) in [5.74, 6) is 0.402. The maximum Gasteiger partial charge on any atom is 0.312 e. The van der Waals surface area contributed by atoms with Crippen LogP contribution in [0.3, 0.4) is 0 Å². The first-order valence-corrected chi connectivity index (χ1v) is 7.11. The Balaban J connectivity index is 1.62. The van der Waals surface area contributed by atoms with Crippen LogP contribution in [0, 0.1) is 11.8 Å². The van der Waals surface area contributed by atoms with Crippen LogP contribution in [0.2, 0.25) is 0 Å². The number of ether oxygens (including phenoxy) is 2. The highest BCUT2D eigenvalue weighted by atomic mass is 16.5. The molecule has 0 aromatic heterocycles. The Morgan fingerprint density at radius 1 is 1.32 bits per heavy atom. The molecule has 0 N–H and O–H groups in total. The highest BCUT2D eigenvalue weighted by Gasteiger charge is 2.41. The van der Waals surface area contributed by atoms with Crippen LogP contribution in [0.15, 0.2) is 30.3 Å². The van der Waals surface area contributed by atoms with Crippen LogP contribution in [0.4, 0.5) is 0 Å². The van der Waals surface area contributed by atoms with E-state index in [0.29, 0.717) is 5.92 Å². The van der Waals surface area contributed by atoms with E-state index in [9.17, 15) is 4.79 Å². The molecule has 0 amide bonds. The smallest absolute Gasteiger partial charge is 0.312 e. The van der Waals surface area contributed by atoms with Gasteiger partial charge in [0.1, 0.15) is 6.10 Å². The van der Waals surface area contributed by atoms with Gasteiger partial charge in [0.05, 0.1) is 12.0 Å². The van der Waals surface area contributed by atoms with E-state index in [4.69, 9.17) is 9.47 Å². The number of carbonyl (C=O) groups is 1. The lowest BCUT2D eigenvalue weighted by Gasteiger charge is -2.41. The Morgan fingerprint density at radius 3 is 2.68 bits per heavy atom. The standard InChI is InChI=1S/C16H20O3/c1-11(13-5-3-2-4-6-13)19-16(17)14-9-12-7-8-15(14)18-10-12/h2-6,11-12,14-15H,7-10H2,1H3/t11-,12-,14-,15+/m1/s1. The molecule has 3 fully saturated rings. The van der Waals surface area contributed by atoms with Gasteiger partial charge in [0.15, 0.2) is 0 Å². The van der Waals surface area contributed by atoms with Crippen molar-refractivity contribution in [2.45, 2.75) is 38.4 Å². The molecule has 102 valence electrons. The summed E-state index contributed by atoms with van der Waals surface area (Å²) in [7, 11) is 0. The van der Waals surface area contributed by atoms with Crippen LogP contribution in [0.1, 0.15) is 37.9 Å². The highest BCUT2D eigenvalue weighted by Crippen LogP contribution is 2.38. The van der Waals surface area contributed by atoms with Crippen molar-refractivity contribution in [2.75, 3.05) is 6.61 Å². The van der Waals surface area contributed by atoms with Crippen molar-refractivity contribution < 1.29 is 14.3 Å². The van der Waals surface area contributed by atoms with Gasteiger partial charge in [-0.2, -0.15) is 0 Å². The zero-order chi connectivity index (χ0) is 13.2. The van der Waals surface area contributed by atoms with Crippen LogP contribution in [-0.4, -0.2) is 18.7 Å². The molecular weight excluding hydrogens is 240 g/mol. The van der Waals surface area contributed by atoms with Gasteiger partial charge in [0.2, 0.25) is 0 Å². The van der Waals surface area contributed by atoms with Gasteiger partial charge in [0.25, 0.3) is 0 Å². The van der Waals surface area contributed by atoms with Crippen LogP contribution in [0.5, 0.6) is 0 Å². The van der Waals surface area contributed by atoms with Gasteiger partial charge in [-0.25, -0.2) is 0 Å². The van der Waals surface area contributed by atoms with Gasteiger partial charge in [0, 0.05) is 6.61 Å². The Morgan fingerprint density at radius 2 is 2.11 bits per heavy atom. The molecule has 3 heteroatoms. The first-order valence-electron chi connectivity index (χ1n) is 7.11. The molecule has 4 atom stereocenters. The van der Waals surface area contributed by atoms with E-state index < -0.39 is 0 Å². The van der Waals surface area contributed by atoms with Gasteiger partial charge in [-0.3, -0.25) is 4.79 Å². The lowest BCUT2D eigenvalue weighted by Crippen LogP contribution is -2.44. The number of carbonyl (C=O) groups excluding carboxylic acids is 1. The van der Waals surface area contributed by atoms with E-state index in [1.165, 1.54) is 6.42 Å². The maximum absolute atomic E-state index is 12.3. The van der Waals surface area contributed by atoms with Crippen LogP contribution in [0.25, 0.3) is 0 Å². The molecule has 2 saturated heterocycles. The van der Waals surface area contributed by atoms with Crippen LogP contribution in [-0.2, 0) is 14.3 Å². The van der Waals surface area contributed by atoms with Crippen molar-refractivity contribution in [3.05, 3.63) is 35.9 Å². The fourth-order valence-electron chi connectivity index (χ4n) is 3.14.